The topological polar surface area (TPSA) is 55.8 Å². The van der Waals surface area contributed by atoms with Gasteiger partial charge >= 0.3 is 6.03 Å². The lowest BCUT2D eigenvalue weighted by Gasteiger charge is -2.51. The van der Waals surface area contributed by atoms with E-state index in [0.29, 0.717) is 0 Å². The number of nitrogens with one attached hydrogen (secondary N) is 1. The molecule has 0 aromatic rings. The molecule has 0 bridgehead atoms. The summed E-state index contributed by atoms with van der Waals surface area (Å²) in [4.78, 5) is 13.2. The Morgan fingerprint density at radius 3 is 1.94 bits per heavy atom. The summed E-state index contributed by atoms with van der Waals surface area (Å²) in [7, 11) is 3.46. The zero-order valence-electron chi connectivity index (χ0n) is 12.1. The SMILES string of the molecule is CN(C)C(=O)NC1CC(C)(C)N(O)C(C)(C)C1.Cl. The van der Waals surface area contributed by atoms with Crippen molar-refractivity contribution >= 4 is 18.4 Å². The van der Waals surface area contributed by atoms with Crippen molar-refractivity contribution < 1.29 is 10.0 Å². The molecule has 0 saturated carbocycles. The number of nitrogens with zero attached hydrogens (tertiary/aromatic N) is 2. The third-order valence-corrected chi connectivity index (χ3v) is 3.37. The van der Waals surface area contributed by atoms with Crippen LogP contribution in [0.4, 0.5) is 4.79 Å². The lowest BCUT2D eigenvalue weighted by atomic mass is 9.79. The molecule has 108 valence electrons. The van der Waals surface area contributed by atoms with Crippen molar-refractivity contribution in [1.29, 1.82) is 0 Å². The van der Waals surface area contributed by atoms with Gasteiger partial charge in [0.15, 0.2) is 0 Å². The van der Waals surface area contributed by atoms with E-state index in [9.17, 15) is 10.0 Å². The maximum absolute atomic E-state index is 11.7. The molecular formula is C12H26ClN3O2. The number of hydrogen-bond donors (Lipinski definition) is 2. The molecular weight excluding hydrogens is 254 g/mol. The van der Waals surface area contributed by atoms with E-state index in [2.05, 4.69) is 5.32 Å². The van der Waals surface area contributed by atoms with Crippen LogP contribution >= 0.6 is 12.4 Å². The molecule has 1 heterocycles. The molecule has 0 aliphatic carbocycles. The highest BCUT2D eigenvalue weighted by Crippen LogP contribution is 2.36. The summed E-state index contributed by atoms with van der Waals surface area (Å²) in [6.45, 7) is 7.96. The molecule has 18 heavy (non-hydrogen) atoms. The molecule has 2 N–H and O–H groups in total. The highest BCUT2D eigenvalue weighted by atomic mass is 35.5. The Morgan fingerprint density at radius 1 is 1.22 bits per heavy atom. The van der Waals surface area contributed by atoms with Crippen LogP contribution in [0.2, 0.25) is 0 Å². The van der Waals surface area contributed by atoms with Crippen molar-refractivity contribution in [3.8, 4) is 0 Å². The van der Waals surface area contributed by atoms with Crippen molar-refractivity contribution in [2.45, 2.75) is 57.7 Å². The zero-order chi connectivity index (χ0) is 13.4. The van der Waals surface area contributed by atoms with Crippen LogP contribution in [-0.4, -0.2) is 52.4 Å². The van der Waals surface area contributed by atoms with Gasteiger partial charge in [-0.2, -0.15) is 5.06 Å². The first-order chi connectivity index (χ1) is 7.56. The minimum atomic E-state index is -0.327. The van der Waals surface area contributed by atoms with Crippen molar-refractivity contribution in [2.24, 2.45) is 0 Å². The van der Waals surface area contributed by atoms with Crippen LogP contribution in [0.3, 0.4) is 0 Å². The van der Waals surface area contributed by atoms with Crippen LogP contribution in [0.5, 0.6) is 0 Å². The monoisotopic (exact) mass is 279 g/mol. The summed E-state index contributed by atoms with van der Waals surface area (Å²) < 4.78 is 0. The first kappa shape index (κ1) is 17.5. The summed E-state index contributed by atoms with van der Waals surface area (Å²) >= 11 is 0. The predicted octanol–water partition coefficient (Wildman–Crippen LogP) is 2.09. The van der Waals surface area contributed by atoms with Crippen molar-refractivity contribution in [3.63, 3.8) is 0 Å². The number of amides is 2. The lowest BCUT2D eigenvalue weighted by Crippen LogP contribution is -2.63. The molecule has 0 unspecified atom stereocenters. The summed E-state index contributed by atoms with van der Waals surface area (Å²) in [5.41, 5.74) is -0.655. The van der Waals surface area contributed by atoms with Gasteiger partial charge in [-0.3, -0.25) is 0 Å². The van der Waals surface area contributed by atoms with Gasteiger partial charge in [-0.15, -0.1) is 12.4 Å². The van der Waals surface area contributed by atoms with Crippen LogP contribution < -0.4 is 5.32 Å². The van der Waals surface area contributed by atoms with E-state index in [4.69, 9.17) is 0 Å². The molecule has 6 heteroatoms. The summed E-state index contributed by atoms with van der Waals surface area (Å²) in [6, 6.07) is 0.0197. The summed E-state index contributed by atoms with van der Waals surface area (Å²) in [5.74, 6) is 0. The van der Waals surface area contributed by atoms with Gasteiger partial charge in [0.05, 0.1) is 0 Å². The van der Waals surface area contributed by atoms with E-state index in [0.717, 1.165) is 12.8 Å². The first-order valence-electron chi connectivity index (χ1n) is 6.03. The van der Waals surface area contributed by atoms with E-state index in [1.165, 1.54) is 9.96 Å². The van der Waals surface area contributed by atoms with Crippen LogP contribution in [0.15, 0.2) is 0 Å². The van der Waals surface area contributed by atoms with Gasteiger partial charge in [0, 0.05) is 31.2 Å². The highest BCUT2D eigenvalue weighted by Gasteiger charge is 2.45. The normalized spacial score (nSPS) is 23.1. The summed E-state index contributed by atoms with van der Waals surface area (Å²) in [6.07, 6.45) is 1.49. The number of halogens is 1. The Hall–Kier alpha value is -0.520. The molecule has 1 rings (SSSR count). The smallest absolute Gasteiger partial charge is 0.317 e. The fourth-order valence-corrected chi connectivity index (χ4v) is 2.68. The Balaban J connectivity index is 0.00000289. The zero-order valence-corrected chi connectivity index (χ0v) is 13.0. The average molecular weight is 280 g/mol. The van der Waals surface area contributed by atoms with Gasteiger partial charge in [0.1, 0.15) is 0 Å². The molecule has 1 fully saturated rings. The molecule has 0 spiro atoms. The maximum atomic E-state index is 11.7. The van der Waals surface area contributed by atoms with E-state index >= 15 is 0 Å². The molecule has 5 nitrogen and oxygen atoms in total. The fraction of sp³-hybridized carbons (Fsp3) is 0.917. The van der Waals surface area contributed by atoms with Gasteiger partial charge in [-0.05, 0) is 40.5 Å². The number of hydroxylamine groups is 2. The van der Waals surface area contributed by atoms with Crippen molar-refractivity contribution in [3.05, 3.63) is 0 Å². The van der Waals surface area contributed by atoms with Crippen molar-refractivity contribution in [2.75, 3.05) is 14.1 Å². The molecule has 1 aliphatic rings. The van der Waals surface area contributed by atoms with Crippen LogP contribution in [0, 0.1) is 0 Å². The third kappa shape index (κ3) is 3.73. The third-order valence-electron chi connectivity index (χ3n) is 3.37. The minimum absolute atomic E-state index is 0. The Labute approximate surface area is 116 Å². The van der Waals surface area contributed by atoms with E-state index < -0.39 is 0 Å². The Kier molecular flexibility index (Phi) is 5.47. The largest absolute Gasteiger partial charge is 0.335 e. The molecule has 0 aromatic carbocycles. The molecule has 1 saturated heterocycles. The number of piperidine rings is 1. The Morgan fingerprint density at radius 2 is 1.61 bits per heavy atom. The lowest BCUT2D eigenvalue weighted by molar-refractivity contribution is -0.245. The highest BCUT2D eigenvalue weighted by molar-refractivity contribution is 5.85. The van der Waals surface area contributed by atoms with E-state index in [1.807, 2.05) is 27.7 Å². The van der Waals surface area contributed by atoms with Gasteiger partial charge in [-0.25, -0.2) is 4.79 Å². The number of carbonyl (C=O) groups is 1. The van der Waals surface area contributed by atoms with Gasteiger partial charge in [0.25, 0.3) is 0 Å². The number of rotatable bonds is 1. The van der Waals surface area contributed by atoms with Crippen molar-refractivity contribution in [1.82, 2.24) is 15.3 Å². The van der Waals surface area contributed by atoms with Gasteiger partial charge in [0.2, 0.25) is 0 Å². The van der Waals surface area contributed by atoms with E-state index in [1.54, 1.807) is 14.1 Å². The van der Waals surface area contributed by atoms with Crippen LogP contribution in [0.25, 0.3) is 0 Å². The van der Waals surface area contributed by atoms with Crippen LogP contribution in [0.1, 0.15) is 40.5 Å². The number of carbonyl (C=O) groups excluding carboxylic acids is 1. The molecule has 0 aromatic heterocycles. The average Bonchev–Trinajstić information content (AvgIpc) is 2.12. The maximum Gasteiger partial charge on any atom is 0.317 e. The second-order valence-electron chi connectivity index (χ2n) is 6.39. The summed E-state index contributed by atoms with van der Waals surface area (Å²) in [5, 5.41) is 14.6. The molecule has 0 atom stereocenters. The quantitative estimate of drug-likeness (QED) is 0.773. The number of hydrogen-bond acceptors (Lipinski definition) is 3. The second kappa shape index (κ2) is 5.63. The number of urea groups is 1. The van der Waals surface area contributed by atoms with E-state index in [-0.39, 0.29) is 35.6 Å². The molecule has 2 amide bonds. The Bertz CT molecular complexity index is 288. The first-order valence-corrected chi connectivity index (χ1v) is 6.03. The molecule has 0 radical (unpaired) electrons. The minimum Gasteiger partial charge on any atom is -0.335 e. The fourth-order valence-electron chi connectivity index (χ4n) is 2.68. The van der Waals surface area contributed by atoms with Crippen LogP contribution in [-0.2, 0) is 0 Å². The molecule has 1 aliphatic heterocycles. The van der Waals surface area contributed by atoms with Gasteiger partial charge < -0.3 is 15.4 Å². The van der Waals surface area contributed by atoms with Gasteiger partial charge in [-0.1, -0.05) is 0 Å². The predicted molar refractivity (Wildman–Crippen MR) is 74.3 cm³/mol. The standard InChI is InChI=1S/C12H25N3O2.ClH/c1-11(2)7-9(13-10(16)14(5)6)8-12(3,4)15(11)17;/h9,17H,7-8H2,1-6H3,(H,13,16);1H. The second-order valence-corrected chi connectivity index (χ2v) is 6.39.